The number of para-hydroxylation sites is 1. The van der Waals surface area contributed by atoms with Crippen LogP contribution in [0.2, 0.25) is 0 Å². The van der Waals surface area contributed by atoms with Gasteiger partial charge in [-0.1, -0.05) is 28.9 Å². The second kappa shape index (κ2) is 5.31. The summed E-state index contributed by atoms with van der Waals surface area (Å²) < 4.78 is 38.2. The lowest BCUT2D eigenvalue weighted by Crippen LogP contribution is -2.08. The maximum absolute atomic E-state index is 12.7. The van der Waals surface area contributed by atoms with Gasteiger partial charge >= 0.3 is 9.24 Å². The third kappa shape index (κ3) is 3.11. The average molecular weight is 333 g/mol. The molecule has 0 amide bonds. The number of aromatic nitrogens is 1. The molecule has 1 aromatic carbocycles. The fraction of sp³-hybridized carbons (Fsp3) is 0.250. The van der Waals surface area contributed by atoms with Gasteiger partial charge in [-0.3, -0.25) is 0 Å². The summed E-state index contributed by atoms with van der Waals surface area (Å²) in [6, 6.07) is 8.95. The molecule has 0 unspecified atom stereocenters. The van der Waals surface area contributed by atoms with Crippen LogP contribution in [0.4, 0.5) is 0 Å². The molecule has 8 heteroatoms. The van der Waals surface area contributed by atoms with Gasteiger partial charge < -0.3 is 0 Å². The van der Waals surface area contributed by atoms with Gasteiger partial charge in [-0.25, -0.2) is 9.19 Å². The third-order valence-electron chi connectivity index (χ3n) is 2.83. The fourth-order valence-corrected chi connectivity index (χ4v) is 5.46. The zero-order chi connectivity index (χ0) is 15.0. The SMILES string of the molecule is CC[S@@](=O)(=NS(=O)(=O)Cl)c1cc(C)c2ccccc2n1. The minimum Gasteiger partial charge on any atom is -0.242 e. The molecule has 0 spiro atoms. The zero-order valence-electron chi connectivity index (χ0n) is 10.9. The molecule has 5 nitrogen and oxygen atoms in total. The van der Waals surface area contributed by atoms with Crippen molar-refractivity contribution < 1.29 is 12.6 Å². The Bertz CT molecular complexity index is 885. The Balaban J connectivity index is 2.81. The number of rotatable bonds is 3. The number of benzene rings is 1. The molecule has 1 aromatic heterocycles. The van der Waals surface area contributed by atoms with Gasteiger partial charge in [0.1, 0.15) is 14.8 Å². The van der Waals surface area contributed by atoms with Crippen LogP contribution in [-0.4, -0.2) is 23.4 Å². The van der Waals surface area contributed by atoms with E-state index >= 15 is 0 Å². The Kier molecular flexibility index (Phi) is 4.04. The number of hydrogen-bond donors (Lipinski definition) is 0. The minimum absolute atomic E-state index is 0.0176. The summed E-state index contributed by atoms with van der Waals surface area (Å²) in [6.07, 6.45) is 0. The minimum atomic E-state index is -4.23. The van der Waals surface area contributed by atoms with Gasteiger partial charge in [0.05, 0.1) is 5.52 Å². The molecule has 20 heavy (non-hydrogen) atoms. The number of hydrogen-bond acceptors (Lipinski definition) is 4. The summed E-state index contributed by atoms with van der Waals surface area (Å²) in [5.74, 6) is 0.0176. The van der Waals surface area contributed by atoms with Gasteiger partial charge in [0, 0.05) is 21.8 Å². The predicted octanol–water partition coefficient (Wildman–Crippen LogP) is 2.87. The molecule has 0 aliphatic carbocycles. The topological polar surface area (TPSA) is 76.5 Å². The van der Waals surface area contributed by atoms with Crippen LogP contribution in [0.5, 0.6) is 0 Å². The monoisotopic (exact) mass is 332 g/mol. The van der Waals surface area contributed by atoms with Crippen molar-refractivity contribution in [2.75, 3.05) is 5.75 Å². The van der Waals surface area contributed by atoms with Crippen LogP contribution in [0.15, 0.2) is 39.1 Å². The summed E-state index contributed by atoms with van der Waals surface area (Å²) in [5, 5.41) is 1.06. The van der Waals surface area contributed by atoms with E-state index in [-0.39, 0.29) is 10.8 Å². The summed E-state index contributed by atoms with van der Waals surface area (Å²) in [6.45, 7) is 3.43. The van der Waals surface area contributed by atoms with Crippen LogP contribution >= 0.6 is 10.7 Å². The molecule has 0 fully saturated rings. The molecule has 2 aromatic rings. The lowest BCUT2D eigenvalue weighted by atomic mass is 10.1. The van der Waals surface area contributed by atoms with E-state index in [2.05, 4.69) is 8.75 Å². The van der Waals surface area contributed by atoms with Crippen molar-refractivity contribution in [3.63, 3.8) is 0 Å². The lowest BCUT2D eigenvalue weighted by Gasteiger charge is -2.09. The number of halogens is 1. The van der Waals surface area contributed by atoms with Crippen LogP contribution in [0.1, 0.15) is 12.5 Å². The molecule has 2 rings (SSSR count). The molecule has 0 aliphatic heterocycles. The highest BCUT2D eigenvalue weighted by atomic mass is 35.7. The van der Waals surface area contributed by atoms with Gasteiger partial charge in [-0.2, -0.15) is 8.42 Å². The fourth-order valence-electron chi connectivity index (χ4n) is 1.86. The van der Waals surface area contributed by atoms with Crippen LogP contribution in [-0.2, 0) is 19.0 Å². The Morgan fingerprint density at radius 2 is 1.90 bits per heavy atom. The van der Waals surface area contributed by atoms with Crippen molar-refractivity contribution in [2.24, 2.45) is 3.77 Å². The van der Waals surface area contributed by atoms with Crippen molar-refractivity contribution >= 4 is 40.6 Å². The van der Waals surface area contributed by atoms with Gasteiger partial charge in [0.25, 0.3) is 0 Å². The largest absolute Gasteiger partial charge is 0.347 e. The Labute approximate surface area is 122 Å². The number of aryl methyl sites for hydroxylation is 1. The molecule has 1 atom stereocenters. The highest BCUT2D eigenvalue weighted by molar-refractivity contribution is 8.17. The number of fused-ring (bicyclic) bond motifs is 1. The quantitative estimate of drug-likeness (QED) is 0.810. The molecule has 0 saturated heterocycles. The summed E-state index contributed by atoms with van der Waals surface area (Å²) in [5.41, 5.74) is 1.50. The van der Waals surface area contributed by atoms with E-state index in [1.807, 2.05) is 25.1 Å². The van der Waals surface area contributed by atoms with Crippen LogP contribution < -0.4 is 0 Å². The van der Waals surface area contributed by atoms with E-state index < -0.39 is 19.0 Å². The number of nitrogens with zero attached hydrogens (tertiary/aromatic N) is 2. The van der Waals surface area contributed by atoms with E-state index in [1.165, 1.54) is 0 Å². The standard InChI is InChI=1S/C12H13ClN2O3S2/c1-3-19(16,15-20(13,17)18)12-8-9(2)10-6-4-5-7-11(10)14-12/h4-8H,3H2,1-2H3/t19-/m0/s1. The normalized spacial score (nSPS) is 14.9. The predicted molar refractivity (Wildman–Crippen MR) is 80.6 cm³/mol. The maximum Gasteiger partial charge on any atom is 0.347 e. The molecular weight excluding hydrogens is 320 g/mol. The van der Waals surface area contributed by atoms with Crippen LogP contribution in [0, 0.1) is 6.92 Å². The second-order valence-electron chi connectivity index (χ2n) is 4.21. The van der Waals surface area contributed by atoms with Crippen molar-refractivity contribution in [1.82, 2.24) is 4.98 Å². The first kappa shape index (κ1) is 15.2. The van der Waals surface area contributed by atoms with E-state index in [0.717, 1.165) is 10.9 Å². The summed E-state index contributed by atoms with van der Waals surface area (Å²) in [7, 11) is -2.31. The molecule has 0 N–H and O–H groups in total. The number of pyridine rings is 1. The molecule has 108 valence electrons. The van der Waals surface area contributed by atoms with Crippen molar-refractivity contribution in [3.8, 4) is 0 Å². The van der Waals surface area contributed by atoms with Crippen molar-refractivity contribution in [2.45, 2.75) is 18.9 Å². The molecule has 0 aliphatic rings. The average Bonchev–Trinajstić information content (AvgIpc) is 2.36. The first-order chi connectivity index (χ1) is 9.25. The Morgan fingerprint density at radius 1 is 1.25 bits per heavy atom. The lowest BCUT2D eigenvalue weighted by molar-refractivity contribution is 0.611. The van der Waals surface area contributed by atoms with Gasteiger partial charge in [0.2, 0.25) is 0 Å². The highest BCUT2D eigenvalue weighted by Crippen LogP contribution is 2.22. The van der Waals surface area contributed by atoms with Gasteiger partial charge in [-0.05, 0) is 24.6 Å². The van der Waals surface area contributed by atoms with Gasteiger partial charge in [0.15, 0.2) is 0 Å². The van der Waals surface area contributed by atoms with Crippen LogP contribution in [0.25, 0.3) is 10.9 Å². The van der Waals surface area contributed by atoms with E-state index in [1.54, 1.807) is 19.1 Å². The van der Waals surface area contributed by atoms with E-state index in [4.69, 9.17) is 10.7 Å². The summed E-state index contributed by atoms with van der Waals surface area (Å²) in [4.78, 5) is 4.27. The maximum atomic E-state index is 12.7. The zero-order valence-corrected chi connectivity index (χ0v) is 13.3. The molecular formula is C12H13ClN2O3S2. The van der Waals surface area contributed by atoms with Crippen LogP contribution in [0.3, 0.4) is 0 Å². The molecule has 1 heterocycles. The molecule has 0 saturated carbocycles. The smallest absolute Gasteiger partial charge is 0.242 e. The van der Waals surface area contributed by atoms with Crippen molar-refractivity contribution in [1.29, 1.82) is 0 Å². The Hall–Kier alpha value is -1.18. The first-order valence-electron chi connectivity index (χ1n) is 5.82. The third-order valence-corrected chi connectivity index (χ3v) is 6.65. The summed E-state index contributed by atoms with van der Waals surface area (Å²) >= 11 is 0. The second-order valence-corrected chi connectivity index (χ2v) is 9.08. The molecule has 0 bridgehead atoms. The first-order valence-corrected chi connectivity index (χ1v) is 9.77. The van der Waals surface area contributed by atoms with E-state index in [0.29, 0.717) is 5.52 Å². The highest BCUT2D eigenvalue weighted by Gasteiger charge is 2.18. The van der Waals surface area contributed by atoms with E-state index in [9.17, 15) is 12.6 Å². The van der Waals surface area contributed by atoms with Gasteiger partial charge in [-0.15, -0.1) is 0 Å². The molecule has 0 radical (unpaired) electrons. The Morgan fingerprint density at radius 3 is 2.50 bits per heavy atom. The van der Waals surface area contributed by atoms with Crippen molar-refractivity contribution in [3.05, 3.63) is 35.9 Å².